The van der Waals surface area contributed by atoms with E-state index < -0.39 is 0 Å². The van der Waals surface area contributed by atoms with Crippen LogP contribution in [0.15, 0.2) is 24.3 Å². The van der Waals surface area contributed by atoms with Crippen LogP contribution in [0.5, 0.6) is 0 Å². The minimum Gasteiger partial charge on any atom is -0.396 e. The molecule has 5 nitrogen and oxygen atoms in total. The SMILES string of the molecule is CCCc1nnsc1C(=O)Nc1ccc(CCO)cc1. The van der Waals surface area contributed by atoms with Gasteiger partial charge in [-0.3, -0.25) is 4.79 Å². The average Bonchev–Trinajstić information content (AvgIpc) is 2.90. The molecule has 0 saturated heterocycles. The second-order valence-electron chi connectivity index (χ2n) is 4.42. The molecule has 1 heterocycles. The monoisotopic (exact) mass is 291 g/mol. The number of aromatic nitrogens is 2. The summed E-state index contributed by atoms with van der Waals surface area (Å²) >= 11 is 1.12. The van der Waals surface area contributed by atoms with Gasteiger partial charge in [0.05, 0.1) is 5.69 Å². The van der Waals surface area contributed by atoms with E-state index in [1.54, 1.807) is 0 Å². The van der Waals surface area contributed by atoms with Gasteiger partial charge in [-0.15, -0.1) is 5.10 Å². The first-order valence-electron chi connectivity index (χ1n) is 6.57. The third-order valence-corrected chi connectivity index (χ3v) is 3.63. The van der Waals surface area contributed by atoms with Gasteiger partial charge in [0.2, 0.25) is 0 Å². The molecule has 6 heteroatoms. The Morgan fingerprint density at radius 2 is 2.05 bits per heavy atom. The summed E-state index contributed by atoms with van der Waals surface area (Å²) < 4.78 is 3.84. The number of anilines is 1. The van der Waals surface area contributed by atoms with Crippen LogP contribution in [0.3, 0.4) is 0 Å². The number of carbonyl (C=O) groups is 1. The zero-order valence-corrected chi connectivity index (χ0v) is 12.1. The van der Waals surface area contributed by atoms with E-state index in [0.717, 1.165) is 41.3 Å². The van der Waals surface area contributed by atoms with Crippen LogP contribution in [0, 0.1) is 0 Å². The van der Waals surface area contributed by atoms with Crippen molar-refractivity contribution >= 4 is 23.1 Å². The molecular weight excluding hydrogens is 274 g/mol. The molecule has 0 bridgehead atoms. The van der Waals surface area contributed by atoms with Crippen LogP contribution in [0.2, 0.25) is 0 Å². The number of rotatable bonds is 6. The number of hydrogen-bond acceptors (Lipinski definition) is 5. The summed E-state index contributed by atoms with van der Waals surface area (Å²) in [6, 6.07) is 7.45. The zero-order chi connectivity index (χ0) is 14.4. The molecule has 0 aliphatic heterocycles. The van der Waals surface area contributed by atoms with Crippen molar-refractivity contribution in [3.63, 3.8) is 0 Å². The molecule has 0 spiro atoms. The van der Waals surface area contributed by atoms with E-state index in [1.807, 2.05) is 31.2 Å². The van der Waals surface area contributed by atoms with E-state index in [4.69, 9.17) is 5.11 Å². The molecule has 2 aromatic rings. The number of amides is 1. The fourth-order valence-electron chi connectivity index (χ4n) is 1.85. The van der Waals surface area contributed by atoms with Crippen LogP contribution in [0.4, 0.5) is 5.69 Å². The normalized spacial score (nSPS) is 10.5. The van der Waals surface area contributed by atoms with Crippen LogP contribution in [-0.4, -0.2) is 27.2 Å². The number of aliphatic hydroxyl groups excluding tert-OH is 1. The molecule has 0 saturated carbocycles. The summed E-state index contributed by atoms with van der Waals surface area (Å²) in [6.07, 6.45) is 2.31. The van der Waals surface area contributed by atoms with Crippen molar-refractivity contribution in [1.82, 2.24) is 9.59 Å². The number of benzene rings is 1. The molecule has 0 atom stereocenters. The lowest BCUT2D eigenvalue weighted by molar-refractivity contribution is 0.102. The molecule has 106 valence electrons. The highest BCUT2D eigenvalue weighted by Gasteiger charge is 2.15. The first-order chi connectivity index (χ1) is 9.74. The predicted octanol–water partition coefficient (Wildman–Crippen LogP) is 2.28. The number of hydrogen-bond donors (Lipinski definition) is 2. The van der Waals surface area contributed by atoms with Crippen molar-refractivity contribution in [2.75, 3.05) is 11.9 Å². The number of nitrogens with one attached hydrogen (secondary N) is 1. The van der Waals surface area contributed by atoms with Gasteiger partial charge < -0.3 is 10.4 Å². The maximum Gasteiger partial charge on any atom is 0.269 e. The van der Waals surface area contributed by atoms with Crippen molar-refractivity contribution in [3.8, 4) is 0 Å². The maximum absolute atomic E-state index is 12.2. The lowest BCUT2D eigenvalue weighted by Gasteiger charge is -2.05. The van der Waals surface area contributed by atoms with Gasteiger partial charge in [-0.05, 0) is 42.1 Å². The fourth-order valence-corrected chi connectivity index (χ4v) is 2.46. The van der Waals surface area contributed by atoms with E-state index in [-0.39, 0.29) is 12.5 Å². The number of carbonyl (C=O) groups excluding carboxylic acids is 1. The third-order valence-electron chi connectivity index (χ3n) is 2.86. The molecule has 1 aromatic heterocycles. The Hall–Kier alpha value is -1.79. The van der Waals surface area contributed by atoms with Crippen molar-refractivity contribution in [2.24, 2.45) is 0 Å². The largest absolute Gasteiger partial charge is 0.396 e. The first-order valence-corrected chi connectivity index (χ1v) is 7.34. The summed E-state index contributed by atoms with van der Waals surface area (Å²) in [4.78, 5) is 12.7. The minimum absolute atomic E-state index is 0.124. The first kappa shape index (κ1) is 14.6. The number of aliphatic hydroxyl groups is 1. The Bertz CT molecular complexity index is 566. The fraction of sp³-hybridized carbons (Fsp3) is 0.357. The van der Waals surface area contributed by atoms with Crippen LogP contribution < -0.4 is 5.32 Å². The van der Waals surface area contributed by atoms with Crippen LogP contribution in [0.1, 0.15) is 34.3 Å². The quantitative estimate of drug-likeness (QED) is 0.856. The number of aryl methyl sites for hydroxylation is 1. The Morgan fingerprint density at radius 1 is 1.30 bits per heavy atom. The van der Waals surface area contributed by atoms with Gasteiger partial charge in [0.25, 0.3) is 5.91 Å². The Balaban J connectivity index is 2.05. The molecule has 0 radical (unpaired) electrons. The van der Waals surface area contributed by atoms with E-state index in [0.29, 0.717) is 11.3 Å². The van der Waals surface area contributed by atoms with E-state index in [2.05, 4.69) is 14.9 Å². The summed E-state index contributed by atoms with van der Waals surface area (Å²) in [5.74, 6) is -0.168. The lowest BCUT2D eigenvalue weighted by Crippen LogP contribution is -2.12. The van der Waals surface area contributed by atoms with E-state index in [9.17, 15) is 4.79 Å². The van der Waals surface area contributed by atoms with Crippen molar-refractivity contribution in [2.45, 2.75) is 26.2 Å². The van der Waals surface area contributed by atoms with Gasteiger partial charge in [-0.25, -0.2) is 0 Å². The summed E-state index contributed by atoms with van der Waals surface area (Å²) in [5, 5.41) is 15.7. The van der Waals surface area contributed by atoms with Gasteiger partial charge in [0, 0.05) is 12.3 Å². The molecule has 0 fully saturated rings. The van der Waals surface area contributed by atoms with E-state index in [1.165, 1.54) is 0 Å². The molecule has 0 unspecified atom stereocenters. The summed E-state index contributed by atoms with van der Waals surface area (Å²) in [6.45, 7) is 2.17. The summed E-state index contributed by atoms with van der Waals surface area (Å²) in [5.41, 5.74) is 2.52. The maximum atomic E-state index is 12.2. The molecular formula is C14H17N3O2S. The van der Waals surface area contributed by atoms with Crippen molar-refractivity contribution < 1.29 is 9.90 Å². The highest BCUT2D eigenvalue weighted by Crippen LogP contribution is 2.16. The van der Waals surface area contributed by atoms with Gasteiger partial charge in [-0.1, -0.05) is 30.0 Å². The number of nitrogens with zero attached hydrogens (tertiary/aromatic N) is 2. The Labute approximate surface area is 121 Å². The van der Waals surface area contributed by atoms with E-state index >= 15 is 0 Å². The zero-order valence-electron chi connectivity index (χ0n) is 11.3. The average molecular weight is 291 g/mol. The molecule has 0 aliphatic carbocycles. The predicted molar refractivity (Wildman–Crippen MR) is 79.1 cm³/mol. The molecule has 0 aliphatic rings. The van der Waals surface area contributed by atoms with Crippen molar-refractivity contribution in [3.05, 3.63) is 40.4 Å². The topological polar surface area (TPSA) is 75.1 Å². The third kappa shape index (κ3) is 3.61. The van der Waals surface area contributed by atoms with Crippen LogP contribution >= 0.6 is 11.5 Å². The van der Waals surface area contributed by atoms with Crippen LogP contribution in [0.25, 0.3) is 0 Å². The smallest absolute Gasteiger partial charge is 0.269 e. The molecule has 1 aromatic carbocycles. The molecule has 20 heavy (non-hydrogen) atoms. The second-order valence-corrected chi connectivity index (χ2v) is 5.18. The highest BCUT2D eigenvalue weighted by atomic mass is 32.1. The molecule has 2 N–H and O–H groups in total. The summed E-state index contributed by atoms with van der Waals surface area (Å²) in [7, 11) is 0. The standard InChI is InChI=1S/C14H17N3O2S/c1-2-3-12-13(20-17-16-12)14(19)15-11-6-4-10(5-7-11)8-9-18/h4-7,18H,2-3,8-9H2,1H3,(H,15,19). The van der Waals surface area contributed by atoms with Gasteiger partial charge >= 0.3 is 0 Å². The molecule has 2 rings (SSSR count). The highest BCUT2D eigenvalue weighted by molar-refractivity contribution is 7.08. The van der Waals surface area contributed by atoms with Gasteiger partial charge in [-0.2, -0.15) is 0 Å². The second kappa shape index (κ2) is 7.12. The molecule has 1 amide bonds. The van der Waals surface area contributed by atoms with Gasteiger partial charge in [0.1, 0.15) is 4.88 Å². The lowest BCUT2D eigenvalue weighted by atomic mass is 10.1. The van der Waals surface area contributed by atoms with Crippen LogP contribution in [-0.2, 0) is 12.8 Å². The van der Waals surface area contributed by atoms with Gasteiger partial charge in [0.15, 0.2) is 0 Å². The Kier molecular flexibility index (Phi) is 5.20. The van der Waals surface area contributed by atoms with Crippen molar-refractivity contribution in [1.29, 1.82) is 0 Å². The Morgan fingerprint density at radius 3 is 2.70 bits per heavy atom. The minimum atomic E-state index is -0.168.